The van der Waals surface area contributed by atoms with Crippen molar-refractivity contribution in [3.63, 3.8) is 0 Å². The maximum atomic E-state index is 12.4. The molecule has 140 valence electrons. The van der Waals surface area contributed by atoms with Crippen LogP contribution in [0.2, 0.25) is 5.02 Å². The van der Waals surface area contributed by atoms with Gasteiger partial charge in [-0.3, -0.25) is 14.2 Å². The highest BCUT2D eigenvalue weighted by atomic mass is 35.5. The Kier molecular flexibility index (Phi) is 5.20. The number of benzene rings is 2. The fourth-order valence-electron chi connectivity index (χ4n) is 2.43. The molecule has 0 aliphatic rings. The summed E-state index contributed by atoms with van der Waals surface area (Å²) in [6, 6.07) is 13.7. The number of anilines is 2. The fraction of sp³-hybridized carbons (Fsp3) is 0.111. The molecule has 0 radical (unpaired) electrons. The molecule has 3 rings (SSSR count). The number of nitrogens with one attached hydrogen (secondary N) is 2. The lowest BCUT2D eigenvalue weighted by atomic mass is 10.2. The van der Waals surface area contributed by atoms with Crippen molar-refractivity contribution < 1.29 is 13.2 Å². The fourth-order valence-corrected chi connectivity index (χ4v) is 3.62. The molecular formula is C18H17ClN4O3S. The van der Waals surface area contributed by atoms with Crippen molar-refractivity contribution in [2.24, 2.45) is 7.05 Å². The third-order valence-electron chi connectivity index (χ3n) is 3.77. The highest BCUT2D eigenvalue weighted by Gasteiger charge is 2.16. The van der Waals surface area contributed by atoms with Gasteiger partial charge in [-0.1, -0.05) is 11.6 Å². The predicted molar refractivity (Wildman–Crippen MR) is 105 cm³/mol. The smallest absolute Gasteiger partial charge is 0.261 e. The molecule has 3 aromatic rings. The van der Waals surface area contributed by atoms with E-state index in [9.17, 15) is 13.2 Å². The Labute approximate surface area is 162 Å². The Morgan fingerprint density at radius 2 is 1.70 bits per heavy atom. The van der Waals surface area contributed by atoms with E-state index in [1.165, 1.54) is 24.3 Å². The lowest BCUT2D eigenvalue weighted by Crippen LogP contribution is -2.16. The summed E-state index contributed by atoms with van der Waals surface area (Å²) in [7, 11) is -2.05. The van der Waals surface area contributed by atoms with Gasteiger partial charge < -0.3 is 5.32 Å². The molecule has 27 heavy (non-hydrogen) atoms. The maximum absolute atomic E-state index is 12.4. The zero-order chi connectivity index (χ0) is 19.6. The predicted octanol–water partition coefficient (Wildman–Crippen LogP) is 3.44. The summed E-state index contributed by atoms with van der Waals surface area (Å²) in [5.74, 6) is 0.200. The van der Waals surface area contributed by atoms with E-state index in [2.05, 4.69) is 15.1 Å². The van der Waals surface area contributed by atoms with Crippen LogP contribution in [0.3, 0.4) is 0 Å². The molecule has 0 bridgehead atoms. The maximum Gasteiger partial charge on any atom is 0.261 e. The summed E-state index contributed by atoms with van der Waals surface area (Å²) < 4.78 is 28.9. The molecule has 0 spiro atoms. The van der Waals surface area contributed by atoms with E-state index in [4.69, 9.17) is 11.6 Å². The summed E-state index contributed by atoms with van der Waals surface area (Å²) in [5, 5.41) is 7.40. The lowest BCUT2D eigenvalue weighted by molar-refractivity contribution is 0.102. The molecule has 1 heterocycles. The lowest BCUT2D eigenvalue weighted by Gasteiger charge is -2.09. The molecule has 9 heteroatoms. The highest BCUT2D eigenvalue weighted by molar-refractivity contribution is 7.92. The first-order valence-electron chi connectivity index (χ1n) is 7.95. The minimum Gasteiger partial charge on any atom is -0.307 e. The molecule has 0 unspecified atom stereocenters. The van der Waals surface area contributed by atoms with E-state index in [1.807, 2.05) is 6.92 Å². The van der Waals surface area contributed by atoms with Crippen LogP contribution >= 0.6 is 11.6 Å². The van der Waals surface area contributed by atoms with Crippen LogP contribution in [0.5, 0.6) is 0 Å². The molecule has 1 aromatic heterocycles. The van der Waals surface area contributed by atoms with Crippen LogP contribution in [0.15, 0.2) is 59.5 Å². The molecule has 7 nitrogen and oxygen atoms in total. The largest absolute Gasteiger partial charge is 0.307 e. The molecular weight excluding hydrogens is 388 g/mol. The van der Waals surface area contributed by atoms with E-state index in [1.54, 1.807) is 42.1 Å². The minimum atomic E-state index is -3.77. The second-order valence-corrected chi connectivity index (χ2v) is 8.00. The SMILES string of the molecule is Cc1cc(NC(=O)c2ccc(S(=O)(=O)Nc3ccc(Cl)cc3)cc2)n(C)n1. The first-order chi connectivity index (χ1) is 12.7. The van der Waals surface area contributed by atoms with Crippen LogP contribution in [0.25, 0.3) is 0 Å². The molecule has 0 aliphatic heterocycles. The Morgan fingerprint density at radius 3 is 2.26 bits per heavy atom. The van der Waals surface area contributed by atoms with Gasteiger partial charge in [-0.05, 0) is 55.5 Å². The number of halogens is 1. The molecule has 0 atom stereocenters. The van der Waals surface area contributed by atoms with Gasteiger partial charge in [-0.2, -0.15) is 5.10 Å². The van der Waals surface area contributed by atoms with Crippen molar-refractivity contribution in [2.45, 2.75) is 11.8 Å². The van der Waals surface area contributed by atoms with Crippen LogP contribution in [-0.2, 0) is 17.1 Å². The van der Waals surface area contributed by atoms with E-state index in [-0.39, 0.29) is 10.8 Å². The third-order valence-corrected chi connectivity index (χ3v) is 5.42. The number of hydrogen-bond donors (Lipinski definition) is 2. The normalized spacial score (nSPS) is 11.2. The zero-order valence-electron chi connectivity index (χ0n) is 14.6. The summed E-state index contributed by atoms with van der Waals surface area (Å²) >= 11 is 5.80. The number of aryl methyl sites for hydroxylation is 2. The van der Waals surface area contributed by atoms with Gasteiger partial charge in [-0.25, -0.2) is 8.42 Å². The van der Waals surface area contributed by atoms with Gasteiger partial charge in [0, 0.05) is 29.4 Å². The Morgan fingerprint density at radius 1 is 1.07 bits per heavy atom. The van der Waals surface area contributed by atoms with Gasteiger partial charge in [0.15, 0.2) is 0 Å². The second kappa shape index (κ2) is 7.42. The topological polar surface area (TPSA) is 93.1 Å². The Hall–Kier alpha value is -2.84. The molecule has 2 N–H and O–H groups in total. The molecule has 0 aliphatic carbocycles. The zero-order valence-corrected chi connectivity index (χ0v) is 16.2. The van der Waals surface area contributed by atoms with Gasteiger partial charge in [0.1, 0.15) is 5.82 Å². The first-order valence-corrected chi connectivity index (χ1v) is 9.81. The number of amides is 1. The number of rotatable bonds is 5. The van der Waals surface area contributed by atoms with Gasteiger partial charge in [0.2, 0.25) is 0 Å². The highest BCUT2D eigenvalue weighted by Crippen LogP contribution is 2.19. The quantitative estimate of drug-likeness (QED) is 0.681. The minimum absolute atomic E-state index is 0.0466. The van der Waals surface area contributed by atoms with Crippen molar-refractivity contribution in [3.8, 4) is 0 Å². The van der Waals surface area contributed by atoms with E-state index >= 15 is 0 Å². The number of carbonyl (C=O) groups excluding carboxylic acids is 1. The first kappa shape index (κ1) is 18.9. The summed E-state index contributed by atoms with van der Waals surface area (Å²) in [5.41, 5.74) is 1.51. The second-order valence-electron chi connectivity index (χ2n) is 5.89. The molecule has 1 amide bonds. The Balaban J connectivity index is 1.74. The molecule has 0 fully saturated rings. The monoisotopic (exact) mass is 404 g/mol. The van der Waals surface area contributed by atoms with Crippen molar-refractivity contribution >= 4 is 39.0 Å². The number of hydrogen-bond acceptors (Lipinski definition) is 4. The average molecular weight is 405 g/mol. The molecule has 0 saturated heterocycles. The van der Waals surface area contributed by atoms with Crippen molar-refractivity contribution in [1.29, 1.82) is 0 Å². The van der Waals surface area contributed by atoms with Crippen LogP contribution in [-0.4, -0.2) is 24.1 Å². The Bertz CT molecular complexity index is 1070. The van der Waals surface area contributed by atoms with Crippen LogP contribution in [0, 0.1) is 6.92 Å². The van der Waals surface area contributed by atoms with Crippen molar-refractivity contribution in [1.82, 2.24) is 9.78 Å². The van der Waals surface area contributed by atoms with E-state index < -0.39 is 10.0 Å². The van der Waals surface area contributed by atoms with Crippen LogP contribution < -0.4 is 10.0 Å². The molecule has 0 saturated carbocycles. The summed E-state index contributed by atoms with van der Waals surface area (Å²) in [6.45, 7) is 1.82. The third kappa shape index (κ3) is 4.47. The number of nitrogens with zero attached hydrogens (tertiary/aromatic N) is 2. The summed E-state index contributed by atoms with van der Waals surface area (Å²) in [6.07, 6.45) is 0. The van der Waals surface area contributed by atoms with E-state index in [0.29, 0.717) is 22.1 Å². The van der Waals surface area contributed by atoms with Crippen molar-refractivity contribution in [3.05, 3.63) is 70.9 Å². The van der Waals surface area contributed by atoms with Gasteiger partial charge in [0.05, 0.1) is 10.6 Å². The number of carbonyl (C=O) groups is 1. The van der Waals surface area contributed by atoms with Crippen molar-refractivity contribution in [2.75, 3.05) is 10.0 Å². The van der Waals surface area contributed by atoms with Gasteiger partial charge in [0.25, 0.3) is 15.9 Å². The summed E-state index contributed by atoms with van der Waals surface area (Å²) in [4.78, 5) is 12.4. The van der Waals surface area contributed by atoms with Gasteiger partial charge in [-0.15, -0.1) is 0 Å². The number of aromatic nitrogens is 2. The van der Waals surface area contributed by atoms with Gasteiger partial charge >= 0.3 is 0 Å². The molecule has 2 aromatic carbocycles. The standard InChI is InChI=1S/C18H17ClN4O3S/c1-12-11-17(23(2)21-12)20-18(24)13-3-9-16(10-4-13)27(25,26)22-15-7-5-14(19)6-8-15/h3-11,22H,1-2H3,(H,20,24). The van der Waals surface area contributed by atoms with Crippen LogP contribution in [0.1, 0.15) is 16.1 Å². The van der Waals surface area contributed by atoms with E-state index in [0.717, 1.165) is 5.69 Å². The number of sulfonamides is 1. The average Bonchev–Trinajstić information content (AvgIpc) is 2.94. The van der Waals surface area contributed by atoms with Crippen LogP contribution in [0.4, 0.5) is 11.5 Å².